The van der Waals surface area contributed by atoms with Crippen LogP contribution in [0.5, 0.6) is 11.6 Å². The number of nitrogens with zero attached hydrogens (tertiary/aromatic N) is 2. The van der Waals surface area contributed by atoms with E-state index in [1.807, 2.05) is 0 Å². The molecular weight excluding hydrogens is 232 g/mol. The molecule has 2 heterocycles. The van der Waals surface area contributed by atoms with Crippen LogP contribution in [-0.4, -0.2) is 54.4 Å². The van der Waals surface area contributed by atoms with Gasteiger partial charge in [-0.15, -0.1) is 0 Å². The summed E-state index contributed by atoms with van der Waals surface area (Å²) in [4.78, 5) is 6.47. The molecule has 0 aliphatic carbocycles. The summed E-state index contributed by atoms with van der Waals surface area (Å²) in [6.45, 7) is 2.00. The van der Waals surface area contributed by atoms with E-state index in [9.17, 15) is 0 Å². The Kier molecular flexibility index (Phi) is 4.78. The molecule has 0 saturated carbocycles. The van der Waals surface area contributed by atoms with Crippen LogP contribution in [0.1, 0.15) is 12.8 Å². The van der Waals surface area contributed by atoms with Crippen molar-refractivity contribution in [2.24, 2.45) is 0 Å². The van der Waals surface area contributed by atoms with Gasteiger partial charge in [-0.1, -0.05) is 0 Å². The monoisotopic (exact) mass is 252 g/mol. The van der Waals surface area contributed by atoms with Crippen LogP contribution in [0.15, 0.2) is 18.3 Å². The topological polar surface area (TPSA) is 54.8 Å². The Labute approximate surface area is 107 Å². The van der Waals surface area contributed by atoms with E-state index in [0.717, 1.165) is 13.0 Å². The van der Waals surface area contributed by atoms with Gasteiger partial charge in [-0.25, -0.2) is 4.98 Å². The first-order chi connectivity index (χ1) is 8.81. The minimum absolute atomic E-state index is 0.0142. The number of aliphatic hydroxyl groups excluding tert-OH is 1. The number of ether oxygens (including phenoxy) is 2. The normalized spacial score (nSPS) is 20.0. The molecule has 1 aliphatic rings. The summed E-state index contributed by atoms with van der Waals surface area (Å²) in [5.74, 6) is 1.10. The molecule has 0 amide bonds. The highest BCUT2D eigenvalue weighted by Crippen LogP contribution is 2.24. The van der Waals surface area contributed by atoms with Gasteiger partial charge in [-0.3, -0.25) is 0 Å². The lowest BCUT2D eigenvalue weighted by molar-refractivity contribution is 0.171. The number of rotatable bonds is 6. The molecule has 18 heavy (non-hydrogen) atoms. The third kappa shape index (κ3) is 3.34. The number of aliphatic hydroxyl groups is 1. The molecule has 1 aromatic rings. The highest BCUT2D eigenvalue weighted by molar-refractivity contribution is 5.32. The van der Waals surface area contributed by atoms with Gasteiger partial charge in [-0.2, -0.15) is 0 Å². The highest BCUT2D eigenvalue weighted by atomic mass is 16.5. The summed E-state index contributed by atoms with van der Waals surface area (Å²) >= 11 is 0. The maximum absolute atomic E-state index is 8.76. The molecular formula is C13H20N2O3. The summed E-state index contributed by atoms with van der Waals surface area (Å²) in [6, 6.07) is 4.05. The molecule has 0 radical (unpaired) electrons. The van der Waals surface area contributed by atoms with Crippen molar-refractivity contribution in [3.8, 4) is 11.6 Å². The molecule has 5 heteroatoms. The Morgan fingerprint density at radius 2 is 2.39 bits per heavy atom. The van der Waals surface area contributed by atoms with Crippen molar-refractivity contribution in [3.05, 3.63) is 18.3 Å². The fourth-order valence-corrected chi connectivity index (χ4v) is 2.11. The van der Waals surface area contributed by atoms with Crippen LogP contribution in [0.2, 0.25) is 0 Å². The minimum atomic E-state index is -0.0142. The molecule has 1 unspecified atom stereocenters. The Bertz CT molecular complexity index is 373. The Morgan fingerprint density at radius 1 is 1.50 bits per heavy atom. The van der Waals surface area contributed by atoms with Gasteiger partial charge in [-0.05, 0) is 38.6 Å². The van der Waals surface area contributed by atoms with Crippen molar-refractivity contribution >= 4 is 0 Å². The number of hydrogen-bond acceptors (Lipinski definition) is 5. The van der Waals surface area contributed by atoms with Crippen LogP contribution in [0.25, 0.3) is 0 Å². The van der Waals surface area contributed by atoms with E-state index in [1.54, 1.807) is 18.3 Å². The largest absolute Gasteiger partial charge is 0.486 e. The van der Waals surface area contributed by atoms with Crippen molar-refractivity contribution in [2.75, 3.05) is 33.4 Å². The first-order valence-electron chi connectivity index (χ1n) is 6.33. The first kappa shape index (κ1) is 13.1. The number of likely N-dealkylation sites (N-methyl/N-ethyl adjacent to an activating group) is 1. The molecule has 0 aromatic carbocycles. The first-order valence-corrected chi connectivity index (χ1v) is 6.33. The van der Waals surface area contributed by atoms with Gasteiger partial charge < -0.3 is 19.5 Å². The van der Waals surface area contributed by atoms with E-state index < -0.39 is 0 Å². The maximum Gasteiger partial charge on any atom is 0.257 e. The number of aromatic nitrogens is 1. The third-order valence-corrected chi connectivity index (χ3v) is 3.17. The Morgan fingerprint density at radius 3 is 3.11 bits per heavy atom. The second-order valence-corrected chi connectivity index (χ2v) is 4.47. The summed E-state index contributed by atoms with van der Waals surface area (Å²) in [5, 5.41) is 8.76. The number of likely N-dealkylation sites (tertiary alicyclic amines) is 1. The molecule has 2 rings (SSSR count). The van der Waals surface area contributed by atoms with Crippen molar-refractivity contribution in [2.45, 2.75) is 18.9 Å². The van der Waals surface area contributed by atoms with Crippen molar-refractivity contribution in [1.82, 2.24) is 9.88 Å². The van der Waals surface area contributed by atoms with Crippen LogP contribution in [0.4, 0.5) is 0 Å². The number of pyridine rings is 1. The highest BCUT2D eigenvalue weighted by Gasteiger charge is 2.22. The zero-order chi connectivity index (χ0) is 12.8. The standard InChI is InChI=1S/C13H20N2O3/c1-15-7-3-4-11(15)10-18-13-12(17-9-8-16)5-2-6-14-13/h2,5-6,11,16H,3-4,7-10H2,1H3. The van der Waals surface area contributed by atoms with E-state index in [0.29, 0.717) is 24.3 Å². The maximum atomic E-state index is 8.76. The Balaban J connectivity index is 1.91. The molecule has 1 atom stereocenters. The molecule has 0 spiro atoms. The van der Waals surface area contributed by atoms with Gasteiger partial charge in [0.2, 0.25) is 0 Å². The molecule has 1 aliphatic heterocycles. The fourth-order valence-electron chi connectivity index (χ4n) is 2.11. The van der Waals surface area contributed by atoms with Gasteiger partial charge in [0.15, 0.2) is 5.75 Å². The average molecular weight is 252 g/mol. The van der Waals surface area contributed by atoms with Crippen molar-refractivity contribution in [1.29, 1.82) is 0 Å². The number of hydrogen-bond donors (Lipinski definition) is 1. The fraction of sp³-hybridized carbons (Fsp3) is 0.615. The van der Waals surface area contributed by atoms with Crippen molar-refractivity contribution < 1.29 is 14.6 Å². The van der Waals surface area contributed by atoms with E-state index in [-0.39, 0.29) is 13.2 Å². The zero-order valence-electron chi connectivity index (χ0n) is 10.7. The van der Waals surface area contributed by atoms with Gasteiger partial charge in [0.05, 0.1) is 6.61 Å². The van der Waals surface area contributed by atoms with E-state index >= 15 is 0 Å². The Hall–Kier alpha value is -1.33. The predicted molar refractivity (Wildman–Crippen MR) is 68.0 cm³/mol. The summed E-state index contributed by atoms with van der Waals surface area (Å²) in [7, 11) is 2.11. The molecule has 1 fully saturated rings. The zero-order valence-corrected chi connectivity index (χ0v) is 10.7. The predicted octanol–water partition coefficient (Wildman–Crippen LogP) is 0.926. The lowest BCUT2D eigenvalue weighted by Crippen LogP contribution is -2.30. The van der Waals surface area contributed by atoms with Gasteiger partial charge in [0.25, 0.3) is 5.88 Å². The second-order valence-electron chi connectivity index (χ2n) is 4.47. The molecule has 5 nitrogen and oxygen atoms in total. The van der Waals surface area contributed by atoms with Gasteiger partial charge in [0, 0.05) is 12.2 Å². The summed E-state index contributed by atoms with van der Waals surface area (Å²) in [6.07, 6.45) is 4.07. The lowest BCUT2D eigenvalue weighted by atomic mass is 10.2. The summed E-state index contributed by atoms with van der Waals surface area (Å²) in [5.41, 5.74) is 0. The molecule has 0 bridgehead atoms. The van der Waals surface area contributed by atoms with Crippen molar-refractivity contribution in [3.63, 3.8) is 0 Å². The summed E-state index contributed by atoms with van der Waals surface area (Å²) < 4.78 is 11.1. The second kappa shape index (κ2) is 6.56. The van der Waals surface area contributed by atoms with Crippen LogP contribution >= 0.6 is 0 Å². The van der Waals surface area contributed by atoms with E-state index in [2.05, 4.69) is 16.9 Å². The van der Waals surface area contributed by atoms with E-state index in [4.69, 9.17) is 14.6 Å². The van der Waals surface area contributed by atoms with Gasteiger partial charge >= 0.3 is 0 Å². The average Bonchev–Trinajstić information content (AvgIpc) is 2.80. The van der Waals surface area contributed by atoms with E-state index in [1.165, 1.54) is 6.42 Å². The quantitative estimate of drug-likeness (QED) is 0.816. The molecule has 1 aromatic heterocycles. The molecule has 1 N–H and O–H groups in total. The van der Waals surface area contributed by atoms with Crippen LogP contribution in [0, 0.1) is 0 Å². The minimum Gasteiger partial charge on any atom is -0.486 e. The molecule has 100 valence electrons. The van der Waals surface area contributed by atoms with Crippen LogP contribution < -0.4 is 9.47 Å². The lowest BCUT2D eigenvalue weighted by Gasteiger charge is -2.20. The molecule has 1 saturated heterocycles. The van der Waals surface area contributed by atoms with Crippen LogP contribution in [-0.2, 0) is 0 Å². The smallest absolute Gasteiger partial charge is 0.257 e. The van der Waals surface area contributed by atoms with Gasteiger partial charge in [0.1, 0.15) is 13.2 Å². The third-order valence-electron chi connectivity index (χ3n) is 3.17. The van der Waals surface area contributed by atoms with Crippen LogP contribution in [0.3, 0.4) is 0 Å². The SMILES string of the molecule is CN1CCCC1COc1ncccc1OCCO.